The summed E-state index contributed by atoms with van der Waals surface area (Å²) in [4.78, 5) is 28.9. The van der Waals surface area contributed by atoms with Crippen LogP contribution in [0.5, 0.6) is 0 Å². The average molecular weight is 344 g/mol. The van der Waals surface area contributed by atoms with Gasteiger partial charge >= 0.3 is 0 Å². The van der Waals surface area contributed by atoms with E-state index in [1.807, 2.05) is 11.8 Å². The molecule has 4 rings (SSSR count). The van der Waals surface area contributed by atoms with Gasteiger partial charge in [0.25, 0.3) is 5.91 Å². The lowest BCUT2D eigenvalue weighted by Crippen LogP contribution is -2.48. The Labute approximate surface area is 144 Å². The number of carbonyl (C=O) groups excluding carboxylic acids is 1. The fourth-order valence-electron chi connectivity index (χ4n) is 3.86. The lowest BCUT2D eigenvalue weighted by atomic mass is 9.99. The summed E-state index contributed by atoms with van der Waals surface area (Å²) in [6.45, 7) is 2.01. The molecule has 0 radical (unpaired) electrons. The number of hydrogen-bond donors (Lipinski definition) is 1. The molecule has 126 valence electrons. The van der Waals surface area contributed by atoms with Gasteiger partial charge in [0.15, 0.2) is 10.8 Å². The summed E-state index contributed by atoms with van der Waals surface area (Å²) in [6, 6.07) is 2.09. The Morgan fingerprint density at radius 3 is 2.58 bits per heavy atom. The van der Waals surface area contributed by atoms with Crippen molar-refractivity contribution in [2.75, 3.05) is 0 Å². The lowest BCUT2D eigenvalue weighted by molar-refractivity contribution is 0.0289. The second kappa shape index (κ2) is 6.22. The summed E-state index contributed by atoms with van der Waals surface area (Å²) < 4.78 is 0. The van der Waals surface area contributed by atoms with Gasteiger partial charge in [-0.2, -0.15) is 0 Å². The number of aliphatic hydroxyl groups is 1. The quantitative estimate of drug-likeness (QED) is 0.924. The first-order valence-corrected chi connectivity index (χ1v) is 9.26. The molecule has 4 heterocycles. The van der Waals surface area contributed by atoms with Gasteiger partial charge in [-0.15, -0.1) is 11.3 Å². The summed E-state index contributed by atoms with van der Waals surface area (Å²) in [5.41, 5.74) is 0.818. The number of piperidine rings is 1. The monoisotopic (exact) mass is 344 g/mol. The van der Waals surface area contributed by atoms with Gasteiger partial charge in [0.2, 0.25) is 0 Å². The Morgan fingerprint density at radius 1 is 1.29 bits per heavy atom. The second-order valence-corrected chi connectivity index (χ2v) is 7.44. The highest BCUT2D eigenvalue weighted by atomic mass is 32.1. The van der Waals surface area contributed by atoms with Gasteiger partial charge in [0.05, 0.1) is 11.8 Å². The Hall–Kier alpha value is -1.86. The number of amides is 1. The van der Waals surface area contributed by atoms with E-state index in [-0.39, 0.29) is 24.1 Å². The van der Waals surface area contributed by atoms with E-state index in [1.54, 1.807) is 18.5 Å². The van der Waals surface area contributed by atoms with E-state index in [0.29, 0.717) is 35.0 Å². The van der Waals surface area contributed by atoms with Crippen LogP contribution in [-0.4, -0.2) is 49.1 Å². The summed E-state index contributed by atoms with van der Waals surface area (Å²) in [7, 11) is 0. The van der Waals surface area contributed by atoms with Crippen molar-refractivity contribution < 1.29 is 9.90 Å². The van der Waals surface area contributed by atoms with E-state index in [4.69, 9.17) is 0 Å². The third kappa shape index (κ3) is 2.61. The van der Waals surface area contributed by atoms with E-state index in [2.05, 4.69) is 15.0 Å². The molecule has 2 fully saturated rings. The highest BCUT2D eigenvalue weighted by molar-refractivity contribution is 7.17. The van der Waals surface area contributed by atoms with Crippen LogP contribution in [0.3, 0.4) is 0 Å². The first-order valence-electron chi connectivity index (χ1n) is 8.45. The maximum absolute atomic E-state index is 13.2. The molecule has 1 amide bonds. The van der Waals surface area contributed by atoms with Gasteiger partial charge < -0.3 is 10.0 Å². The molecular formula is C17H20N4O2S. The number of aryl methyl sites for hydroxylation is 1. The van der Waals surface area contributed by atoms with Crippen LogP contribution < -0.4 is 0 Å². The second-order valence-electron chi connectivity index (χ2n) is 6.44. The Balaban J connectivity index is 1.66. The van der Waals surface area contributed by atoms with Crippen molar-refractivity contribution in [2.24, 2.45) is 0 Å². The van der Waals surface area contributed by atoms with E-state index >= 15 is 0 Å². The summed E-state index contributed by atoms with van der Waals surface area (Å²) >= 11 is 1.38. The number of aromatic nitrogens is 3. The fraction of sp³-hybridized carbons (Fsp3) is 0.529. The molecule has 7 heteroatoms. The third-order valence-electron chi connectivity index (χ3n) is 4.93. The van der Waals surface area contributed by atoms with Crippen LogP contribution in [0.15, 0.2) is 18.5 Å². The van der Waals surface area contributed by atoms with Crippen molar-refractivity contribution >= 4 is 17.2 Å². The largest absolute Gasteiger partial charge is 0.393 e. The fourth-order valence-corrected chi connectivity index (χ4v) is 4.91. The van der Waals surface area contributed by atoms with Crippen LogP contribution in [0.4, 0.5) is 0 Å². The minimum absolute atomic E-state index is 0.0610. The number of nitrogens with zero attached hydrogens (tertiary/aromatic N) is 4. The third-order valence-corrected chi connectivity index (χ3v) is 6.01. The molecule has 2 aliphatic rings. The normalized spacial score (nSPS) is 25.9. The molecule has 0 aliphatic carbocycles. The van der Waals surface area contributed by atoms with E-state index in [9.17, 15) is 9.90 Å². The molecule has 2 aromatic heterocycles. The van der Waals surface area contributed by atoms with Crippen LogP contribution >= 0.6 is 11.3 Å². The van der Waals surface area contributed by atoms with Crippen molar-refractivity contribution in [1.82, 2.24) is 19.9 Å². The zero-order valence-electron chi connectivity index (χ0n) is 13.6. The van der Waals surface area contributed by atoms with E-state index < -0.39 is 0 Å². The maximum Gasteiger partial charge on any atom is 0.266 e. The molecule has 1 unspecified atom stereocenters. The molecule has 0 aromatic carbocycles. The molecule has 2 saturated heterocycles. The summed E-state index contributed by atoms with van der Waals surface area (Å²) in [5, 5.41) is 10.6. The van der Waals surface area contributed by atoms with Crippen molar-refractivity contribution in [3.8, 4) is 10.8 Å². The van der Waals surface area contributed by atoms with E-state index in [0.717, 1.165) is 18.5 Å². The Kier molecular flexibility index (Phi) is 4.05. The SMILES string of the molecule is CCc1nc(-c2ncccn2)sc1C(=O)N1[C@@H]2CC[C@H]1CC(O)C2. The minimum atomic E-state index is -0.271. The molecular weight excluding hydrogens is 324 g/mol. The van der Waals surface area contributed by atoms with Crippen LogP contribution in [-0.2, 0) is 6.42 Å². The molecule has 0 saturated carbocycles. The summed E-state index contributed by atoms with van der Waals surface area (Å²) in [5.74, 6) is 0.624. The molecule has 0 spiro atoms. The zero-order valence-corrected chi connectivity index (χ0v) is 14.4. The highest BCUT2D eigenvalue weighted by Crippen LogP contribution is 2.38. The average Bonchev–Trinajstić information content (AvgIpc) is 3.15. The van der Waals surface area contributed by atoms with Gasteiger partial charge in [0, 0.05) is 24.5 Å². The topological polar surface area (TPSA) is 79.2 Å². The molecule has 2 aliphatic heterocycles. The Morgan fingerprint density at radius 2 is 1.96 bits per heavy atom. The van der Waals surface area contributed by atoms with Crippen molar-refractivity contribution in [2.45, 2.75) is 57.2 Å². The Bertz CT molecular complexity index is 734. The molecule has 2 aromatic rings. The van der Waals surface area contributed by atoms with Gasteiger partial charge in [-0.05, 0) is 38.2 Å². The van der Waals surface area contributed by atoms with Gasteiger partial charge in [0.1, 0.15) is 4.88 Å². The number of fused-ring (bicyclic) bond motifs is 2. The zero-order chi connectivity index (χ0) is 16.7. The first kappa shape index (κ1) is 15.7. The summed E-state index contributed by atoms with van der Waals surface area (Å²) in [6.07, 6.45) is 7.16. The van der Waals surface area contributed by atoms with Gasteiger partial charge in [-0.25, -0.2) is 15.0 Å². The van der Waals surface area contributed by atoms with Crippen LogP contribution in [0.1, 0.15) is 48.0 Å². The van der Waals surface area contributed by atoms with Gasteiger partial charge in [-0.1, -0.05) is 6.92 Å². The van der Waals surface area contributed by atoms with E-state index in [1.165, 1.54) is 11.3 Å². The first-order chi connectivity index (χ1) is 11.7. The van der Waals surface area contributed by atoms with Crippen LogP contribution in [0.2, 0.25) is 0 Å². The number of thiazole rings is 1. The highest BCUT2D eigenvalue weighted by Gasteiger charge is 2.43. The predicted molar refractivity (Wildman–Crippen MR) is 90.7 cm³/mol. The smallest absolute Gasteiger partial charge is 0.266 e. The van der Waals surface area contributed by atoms with Crippen molar-refractivity contribution in [3.63, 3.8) is 0 Å². The number of hydrogen-bond acceptors (Lipinski definition) is 6. The molecule has 3 atom stereocenters. The molecule has 1 N–H and O–H groups in total. The number of rotatable bonds is 3. The van der Waals surface area contributed by atoms with Gasteiger partial charge in [-0.3, -0.25) is 4.79 Å². The molecule has 2 bridgehead atoms. The number of carbonyl (C=O) groups is 1. The maximum atomic E-state index is 13.2. The molecule has 24 heavy (non-hydrogen) atoms. The lowest BCUT2D eigenvalue weighted by Gasteiger charge is -2.37. The standard InChI is InChI=1S/C17H20N4O2S/c1-2-13-14(24-16(20-13)15-18-6-3-7-19-15)17(23)21-10-4-5-11(21)9-12(22)8-10/h3,6-7,10-12,22H,2,4-5,8-9H2,1H3/t10-,11+,12?. The van der Waals surface area contributed by atoms with Crippen molar-refractivity contribution in [3.05, 3.63) is 29.0 Å². The van der Waals surface area contributed by atoms with Crippen LogP contribution in [0.25, 0.3) is 10.8 Å². The molecule has 6 nitrogen and oxygen atoms in total. The van der Waals surface area contributed by atoms with Crippen molar-refractivity contribution in [1.29, 1.82) is 0 Å². The minimum Gasteiger partial charge on any atom is -0.393 e. The predicted octanol–water partition coefficient (Wildman–Crippen LogP) is 2.29. The van der Waals surface area contributed by atoms with Crippen LogP contribution in [0, 0.1) is 0 Å². The number of aliphatic hydroxyl groups excluding tert-OH is 1.